The molecule has 196 valence electrons. The summed E-state index contributed by atoms with van der Waals surface area (Å²) in [5, 5.41) is 3.75. The lowest BCUT2D eigenvalue weighted by molar-refractivity contribution is -0.142. The second-order valence-electron chi connectivity index (χ2n) is 8.91. The Bertz CT molecular complexity index is 1230. The summed E-state index contributed by atoms with van der Waals surface area (Å²) in [5.41, 5.74) is 5.71. The van der Waals surface area contributed by atoms with Crippen molar-refractivity contribution in [1.29, 1.82) is 0 Å². The number of urea groups is 1. The Balaban J connectivity index is 1.89. The highest BCUT2D eigenvalue weighted by Crippen LogP contribution is 2.35. The summed E-state index contributed by atoms with van der Waals surface area (Å²) in [5.74, 6) is 0.424. The summed E-state index contributed by atoms with van der Waals surface area (Å²) in [6, 6.07) is 19.0. The van der Waals surface area contributed by atoms with E-state index in [4.69, 9.17) is 21.1 Å². The lowest BCUT2D eigenvalue weighted by Gasteiger charge is -2.26. The molecule has 0 unspecified atom stereocenters. The number of carbonyl (C=O) groups is 2. The van der Waals surface area contributed by atoms with E-state index < -0.39 is 0 Å². The number of rotatable bonds is 10. The number of methoxy groups -OCH3 is 1. The first-order valence-electron chi connectivity index (χ1n) is 12.5. The molecule has 3 aromatic carbocycles. The van der Waals surface area contributed by atoms with Crippen LogP contribution in [0.2, 0.25) is 5.02 Å². The van der Waals surface area contributed by atoms with Crippen LogP contribution in [0.4, 0.5) is 4.79 Å². The first-order valence-corrected chi connectivity index (χ1v) is 12.9. The molecular formula is C30H35ClN2O4. The fourth-order valence-corrected chi connectivity index (χ4v) is 4.34. The van der Waals surface area contributed by atoms with Crippen LogP contribution in [0.3, 0.4) is 0 Å². The van der Waals surface area contributed by atoms with Crippen molar-refractivity contribution >= 4 is 23.6 Å². The largest absolute Gasteiger partial charge is 0.496 e. The molecule has 0 aliphatic carbocycles. The van der Waals surface area contributed by atoms with Gasteiger partial charge in [0.05, 0.1) is 26.2 Å². The van der Waals surface area contributed by atoms with Crippen LogP contribution in [0, 0.1) is 6.92 Å². The molecule has 7 heteroatoms. The molecule has 1 atom stereocenters. The Hall–Kier alpha value is -3.51. The smallest absolute Gasteiger partial charge is 0.318 e. The SMILES string of the molecule is CCOC(=O)Cc1ccc(OC)c(-c2ccc(C)cc2CN(CC)C(=O)N[C@H](C)c2ccc(Cl)cc2)c1. The van der Waals surface area contributed by atoms with Crippen LogP contribution in [0.1, 0.15) is 49.1 Å². The Morgan fingerprint density at radius 2 is 1.73 bits per heavy atom. The van der Waals surface area contributed by atoms with Gasteiger partial charge in [-0.15, -0.1) is 0 Å². The molecule has 2 amide bonds. The highest BCUT2D eigenvalue weighted by atomic mass is 35.5. The van der Waals surface area contributed by atoms with Gasteiger partial charge in [-0.3, -0.25) is 4.79 Å². The molecule has 0 aromatic heterocycles. The van der Waals surface area contributed by atoms with E-state index in [0.717, 1.165) is 33.4 Å². The standard InChI is InChI=1S/C30H35ClN2O4/c1-6-33(30(35)32-21(4)23-10-12-25(31)13-11-23)19-24-16-20(3)8-14-26(24)27-17-22(9-15-28(27)36-5)18-29(34)37-7-2/h8-17,21H,6-7,18-19H2,1-5H3,(H,32,35)/t21-/m1/s1. The average molecular weight is 523 g/mol. The second-order valence-corrected chi connectivity index (χ2v) is 9.35. The zero-order valence-corrected chi connectivity index (χ0v) is 22.9. The van der Waals surface area contributed by atoms with E-state index in [9.17, 15) is 9.59 Å². The van der Waals surface area contributed by atoms with Gasteiger partial charge < -0.3 is 19.7 Å². The van der Waals surface area contributed by atoms with Gasteiger partial charge in [0.2, 0.25) is 0 Å². The summed E-state index contributed by atoms with van der Waals surface area (Å²) in [7, 11) is 1.63. The summed E-state index contributed by atoms with van der Waals surface area (Å²) in [6.07, 6.45) is 0.179. The molecule has 0 aliphatic rings. The lowest BCUT2D eigenvalue weighted by atomic mass is 9.94. The Morgan fingerprint density at radius 1 is 1.00 bits per heavy atom. The molecule has 6 nitrogen and oxygen atoms in total. The number of aryl methyl sites for hydroxylation is 1. The molecule has 0 saturated heterocycles. The number of ether oxygens (including phenoxy) is 2. The van der Waals surface area contributed by atoms with Gasteiger partial charge in [0.25, 0.3) is 0 Å². The van der Waals surface area contributed by atoms with Crippen LogP contribution >= 0.6 is 11.6 Å². The van der Waals surface area contributed by atoms with Crippen LogP contribution in [0.5, 0.6) is 5.75 Å². The van der Waals surface area contributed by atoms with E-state index in [1.54, 1.807) is 18.9 Å². The van der Waals surface area contributed by atoms with Crippen LogP contribution < -0.4 is 10.1 Å². The lowest BCUT2D eigenvalue weighted by Crippen LogP contribution is -2.40. The normalized spacial score (nSPS) is 11.5. The Morgan fingerprint density at radius 3 is 2.38 bits per heavy atom. The highest BCUT2D eigenvalue weighted by Gasteiger charge is 2.19. The summed E-state index contributed by atoms with van der Waals surface area (Å²) < 4.78 is 10.8. The molecule has 0 spiro atoms. The molecule has 1 N–H and O–H groups in total. The van der Waals surface area contributed by atoms with Gasteiger partial charge in [0.15, 0.2) is 0 Å². The van der Waals surface area contributed by atoms with Crippen LogP contribution in [0.15, 0.2) is 60.7 Å². The first kappa shape index (κ1) is 28.1. The van der Waals surface area contributed by atoms with Crippen molar-refractivity contribution in [3.05, 3.63) is 87.9 Å². The summed E-state index contributed by atoms with van der Waals surface area (Å²) in [4.78, 5) is 27.1. The molecule has 0 radical (unpaired) electrons. The maximum Gasteiger partial charge on any atom is 0.318 e. The third-order valence-electron chi connectivity index (χ3n) is 6.21. The third kappa shape index (κ3) is 7.49. The zero-order valence-electron chi connectivity index (χ0n) is 22.1. The van der Waals surface area contributed by atoms with E-state index in [1.807, 2.05) is 75.4 Å². The number of nitrogens with one attached hydrogen (secondary N) is 1. The number of esters is 1. The van der Waals surface area contributed by atoms with Gasteiger partial charge >= 0.3 is 12.0 Å². The number of carbonyl (C=O) groups excluding carboxylic acids is 2. The average Bonchev–Trinajstić information content (AvgIpc) is 2.87. The third-order valence-corrected chi connectivity index (χ3v) is 6.46. The number of hydrogen-bond donors (Lipinski definition) is 1. The van der Waals surface area contributed by atoms with Gasteiger partial charge in [-0.2, -0.15) is 0 Å². The van der Waals surface area contributed by atoms with E-state index >= 15 is 0 Å². The molecule has 0 aliphatic heterocycles. The van der Waals surface area contributed by atoms with Gasteiger partial charge in [0.1, 0.15) is 5.75 Å². The number of halogens is 1. The Labute approximate surface area is 224 Å². The zero-order chi connectivity index (χ0) is 26.9. The van der Waals surface area contributed by atoms with E-state index in [-0.39, 0.29) is 24.5 Å². The van der Waals surface area contributed by atoms with Gasteiger partial charge in [-0.05, 0) is 74.2 Å². The molecule has 37 heavy (non-hydrogen) atoms. The van der Waals surface area contributed by atoms with Crippen molar-refractivity contribution in [1.82, 2.24) is 10.2 Å². The molecule has 3 aromatic rings. The van der Waals surface area contributed by atoms with Gasteiger partial charge in [-0.1, -0.05) is 53.6 Å². The van der Waals surface area contributed by atoms with E-state index in [2.05, 4.69) is 11.4 Å². The monoisotopic (exact) mass is 522 g/mol. The molecule has 0 heterocycles. The molecule has 3 rings (SSSR count). The number of amides is 2. The number of hydrogen-bond acceptors (Lipinski definition) is 4. The predicted molar refractivity (Wildman–Crippen MR) is 148 cm³/mol. The maximum absolute atomic E-state index is 13.2. The molecule has 0 saturated carbocycles. The number of benzene rings is 3. The van der Waals surface area contributed by atoms with E-state index in [0.29, 0.717) is 30.5 Å². The summed E-state index contributed by atoms with van der Waals surface area (Å²) >= 11 is 6.01. The minimum absolute atomic E-state index is 0.152. The van der Waals surface area contributed by atoms with Crippen molar-refractivity contribution in [3.8, 4) is 16.9 Å². The van der Waals surface area contributed by atoms with Gasteiger partial charge in [0, 0.05) is 23.7 Å². The van der Waals surface area contributed by atoms with Crippen molar-refractivity contribution in [2.75, 3.05) is 20.3 Å². The fourth-order valence-electron chi connectivity index (χ4n) is 4.21. The molecule has 0 bridgehead atoms. The maximum atomic E-state index is 13.2. The van der Waals surface area contributed by atoms with Crippen molar-refractivity contribution in [3.63, 3.8) is 0 Å². The Kier molecular flexibility index (Phi) is 9.98. The van der Waals surface area contributed by atoms with Crippen LogP contribution in [0.25, 0.3) is 11.1 Å². The summed E-state index contributed by atoms with van der Waals surface area (Å²) in [6.45, 7) is 9.03. The minimum Gasteiger partial charge on any atom is -0.496 e. The van der Waals surface area contributed by atoms with Crippen molar-refractivity contribution < 1.29 is 19.1 Å². The van der Waals surface area contributed by atoms with Crippen LogP contribution in [-0.4, -0.2) is 37.2 Å². The highest BCUT2D eigenvalue weighted by molar-refractivity contribution is 6.30. The van der Waals surface area contributed by atoms with Crippen molar-refractivity contribution in [2.45, 2.75) is 46.7 Å². The van der Waals surface area contributed by atoms with E-state index in [1.165, 1.54) is 0 Å². The quantitative estimate of drug-likeness (QED) is 0.300. The second kappa shape index (κ2) is 13.2. The topological polar surface area (TPSA) is 67.9 Å². The first-order chi connectivity index (χ1) is 17.7. The van der Waals surface area contributed by atoms with Crippen molar-refractivity contribution in [2.24, 2.45) is 0 Å². The molecular weight excluding hydrogens is 488 g/mol. The van der Waals surface area contributed by atoms with Gasteiger partial charge in [-0.25, -0.2) is 4.79 Å². The number of nitrogens with zero attached hydrogens (tertiary/aromatic N) is 1. The minimum atomic E-state index is -0.272. The fraction of sp³-hybridized carbons (Fsp3) is 0.333. The van der Waals surface area contributed by atoms with Crippen LogP contribution in [-0.2, 0) is 22.5 Å². The molecule has 0 fully saturated rings. The predicted octanol–water partition coefficient (Wildman–Crippen LogP) is 6.72.